The van der Waals surface area contributed by atoms with Crippen molar-refractivity contribution in [1.29, 1.82) is 0 Å². The Balaban J connectivity index is 2.08. The fourth-order valence-electron chi connectivity index (χ4n) is 2.25. The SMILES string of the molecule is CC[C@H](NC(=O)Nc1ccc(F)c(C(=O)NC)c1)c1ccncc1. The number of carbonyl (C=O) groups excluding carboxylic acids is 2. The lowest BCUT2D eigenvalue weighted by atomic mass is 10.1. The van der Waals surface area contributed by atoms with Crippen LogP contribution < -0.4 is 16.0 Å². The predicted octanol–water partition coefficient (Wildman–Crippen LogP) is 2.85. The van der Waals surface area contributed by atoms with Crippen molar-refractivity contribution in [3.8, 4) is 0 Å². The number of aromatic nitrogens is 1. The number of halogens is 1. The van der Waals surface area contributed by atoms with E-state index in [4.69, 9.17) is 0 Å². The smallest absolute Gasteiger partial charge is 0.319 e. The van der Waals surface area contributed by atoms with Gasteiger partial charge in [0.25, 0.3) is 5.91 Å². The summed E-state index contributed by atoms with van der Waals surface area (Å²) in [4.78, 5) is 27.7. The molecule has 3 N–H and O–H groups in total. The summed E-state index contributed by atoms with van der Waals surface area (Å²) in [5.74, 6) is -1.21. The zero-order valence-electron chi connectivity index (χ0n) is 13.5. The van der Waals surface area contributed by atoms with Gasteiger partial charge < -0.3 is 16.0 Å². The van der Waals surface area contributed by atoms with E-state index in [-0.39, 0.29) is 11.6 Å². The molecule has 0 aliphatic heterocycles. The summed E-state index contributed by atoms with van der Waals surface area (Å²) in [7, 11) is 1.41. The number of rotatable bonds is 5. The molecule has 0 aliphatic carbocycles. The molecular formula is C17H19FN4O2. The van der Waals surface area contributed by atoms with Crippen LogP contribution in [0.15, 0.2) is 42.7 Å². The van der Waals surface area contributed by atoms with Crippen molar-refractivity contribution < 1.29 is 14.0 Å². The Kier molecular flexibility index (Phi) is 5.83. The summed E-state index contributed by atoms with van der Waals surface area (Å²) < 4.78 is 13.6. The summed E-state index contributed by atoms with van der Waals surface area (Å²) in [6, 6.07) is 6.88. The van der Waals surface area contributed by atoms with E-state index in [1.807, 2.05) is 19.1 Å². The summed E-state index contributed by atoms with van der Waals surface area (Å²) >= 11 is 0. The highest BCUT2D eigenvalue weighted by Gasteiger charge is 2.15. The third-order valence-electron chi connectivity index (χ3n) is 3.52. The van der Waals surface area contributed by atoms with E-state index >= 15 is 0 Å². The minimum absolute atomic E-state index is 0.128. The molecule has 0 bridgehead atoms. The van der Waals surface area contributed by atoms with Crippen molar-refractivity contribution in [2.24, 2.45) is 0 Å². The first kappa shape index (κ1) is 17.4. The van der Waals surface area contributed by atoms with Gasteiger partial charge in [0.15, 0.2) is 0 Å². The van der Waals surface area contributed by atoms with Crippen LogP contribution in [0.2, 0.25) is 0 Å². The van der Waals surface area contributed by atoms with E-state index in [9.17, 15) is 14.0 Å². The number of urea groups is 1. The van der Waals surface area contributed by atoms with Crippen molar-refractivity contribution in [2.45, 2.75) is 19.4 Å². The van der Waals surface area contributed by atoms with Crippen molar-refractivity contribution >= 4 is 17.6 Å². The fourth-order valence-corrected chi connectivity index (χ4v) is 2.25. The lowest BCUT2D eigenvalue weighted by Crippen LogP contribution is -2.32. The molecule has 0 saturated heterocycles. The van der Waals surface area contributed by atoms with E-state index < -0.39 is 17.8 Å². The third-order valence-corrected chi connectivity index (χ3v) is 3.52. The Morgan fingerprint density at radius 3 is 2.54 bits per heavy atom. The van der Waals surface area contributed by atoms with Crippen LogP contribution in [0.3, 0.4) is 0 Å². The summed E-state index contributed by atoms with van der Waals surface area (Å²) in [5, 5.41) is 7.80. The van der Waals surface area contributed by atoms with Gasteiger partial charge in [0, 0.05) is 25.1 Å². The molecule has 6 nitrogen and oxygen atoms in total. The van der Waals surface area contributed by atoms with Gasteiger partial charge in [-0.05, 0) is 42.3 Å². The zero-order valence-corrected chi connectivity index (χ0v) is 13.5. The second-order valence-corrected chi connectivity index (χ2v) is 5.11. The Morgan fingerprint density at radius 2 is 1.92 bits per heavy atom. The number of amides is 3. The van der Waals surface area contributed by atoms with Crippen molar-refractivity contribution in [2.75, 3.05) is 12.4 Å². The number of nitrogens with one attached hydrogen (secondary N) is 3. The van der Waals surface area contributed by atoms with Crippen molar-refractivity contribution in [1.82, 2.24) is 15.6 Å². The summed E-state index contributed by atoms with van der Waals surface area (Å²) in [5.41, 5.74) is 1.14. The van der Waals surface area contributed by atoms with Gasteiger partial charge in [0.05, 0.1) is 11.6 Å². The molecule has 0 spiro atoms. The number of hydrogen-bond donors (Lipinski definition) is 3. The zero-order chi connectivity index (χ0) is 17.5. The second kappa shape index (κ2) is 8.05. The maximum atomic E-state index is 13.6. The van der Waals surface area contributed by atoms with Crippen LogP contribution in [0.1, 0.15) is 35.3 Å². The molecule has 2 aromatic rings. The predicted molar refractivity (Wildman–Crippen MR) is 89.2 cm³/mol. The number of hydrogen-bond acceptors (Lipinski definition) is 3. The van der Waals surface area contributed by atoms with E-state index in [1.165, 1.54) is 19.2 Å². The number of carbonyl (C=O) groups is 2. The fraction of sp³-hybridized carbons (Fsp3) is 0.235. The van der Waals surface area contributed by atoms with Crippen LogP contribution in [0, 0.1) is 5.82 Å². The van der Waals surface area contributed by atoms with E-state index in [1.54, 1.807) is 12.4 Å². The maximum absolute atomic E-state index is 13.6. The lowest BCUT2D eigenvalue weighted by Gasteiger charge is -2.18. The van der Waals surface area contributed by atoms with Gasteiger partial charge in [0.2, 0.25) is 0 Å². The van der Waals surface area contributed by atoms with Crippen LogP contribution in [0.4, 0.5) is 14.9 Å². The van der Waals surface area contributed by atoms with Crippen molar-refractivity contribution in [3.05, 3.63) is 59.7 Å². The van der Waals surface area contributed by atoms with Gasteiger partial charge in [-0.15, -0.1) is 0 Å². The van der Waals surface area contributed by atoms with E-state index in [0.717, 1.165) is 11.6 Å². The van der Waals surface area contributed by atoms with Crippen LogP contribution in [-0.2, 0) is 0 Å². The molecule has 126 valence electrons. The van der Waals surface area contributed by atoms with Crippen LogP contribution >= 0.6 is 0 Å². The molecule has 2 rings (SSSR count). The molecule has 1 atom stereocenters. The molecule has 0 aliphatic rings. The van der Waals surface area contributed by atoms with Gasteiger partial charge in [-0.2, -0.15) is 0 Å². The van der Waals surface area contributed by atoms with Gasteiger partial charge in [-0.3, -0.25) is 9.78 Å². The van der Waals surface area contributed by atoms with Crippen LogP contribution in [0.25, 0.3) is 0 Å². The molecule has 0 saturated carbocycles. The quantitative estimate of drug-likeness (QED) is 0.788. The number of benzene rings is 1. The minimum atomic E-state index is -0.650. The minimum Gasteiger partial charge on any atom is -0.355 e. The Labute approximate surface area is 139 Å². The topological polar surface area (TPSA) is 83.1 Å². The van der Waals surface area contributed by atoms with Gasteiger partial charge in [0.1, 0.15) is 5.82 Å². The Bertz CT molecular complexity index is 722. The number of pyridine rings is 1. The highest BCUT2D eigenvalue weighted by Crippen LogP contribution is 2.17. The molecule has 0 unspecified atom stereocenters. The van der Waals surface area contributed by atoms with Gasteiger partial charge >= 0.3 is 6.03 Å². The molecule has 0 fully saturated rings. The molecular weight excluding hydrogens is 311 g/mol. The molecule has 1 aromatic carbocycles. The normalized spacial score (nSPS) is 11.5. The van der Waals surface area contributed by atoms with Crippen LogP contribution in [0.5, 0.6) is 0 Å². The Hall–Kier alpha value is -2.96. The molecule has 7 heteroatoms. The third kappa shape index (κ3) is 4.28. The number of anilines is 1. The first-order chi connectivity index (χ1) is 11.5. The first-order valence-electron chi connectivity index (χ1n) is 7.54. The average Bonchev–Trinajstić information content (AvgIpc) is 2.61. The molecule has 1 heterocycles. The monoisotopic (exact) mass is 330 g/mol. The number of nitrogens with zero attached hydrogens (tertiary/aromatic N) is 1. The van der Waals surface area contributed by atoms with Gasteiger partial charge in [-0.25, -0.2) is 9.18 Å². The standard InChI is InChI=1S/C17H19FN4O2/c1-3-15(11-6-8-20-9-7-11)22-17(24)21-12-4-5-14(18)13(10-12)16(23)19-2/h4-10,15H,3H2,1-2H3,(H,19,23)(H2,21,22,24)/t15-/m0/s1. The summed E-state index contributed by atoms with van der Waals surface area (Å²) in [6.45, 7) is 1.95. The van der Waals surface area contributed by atoms with Crippen LogP contribution in [-0.4, -0.2) is 24.0 Å². The molecule has 1 aromatic heterocycles. The van der Waals surface area contributed by atoms with E-state index in [0.29, 0.717) is 12.1 Å². The average molecular weight is 330 g/mol. The molecule has 0 radical (unpaired) electrons. The highest BCUT2D eigenvalue weighted by atomic mass is 19.1. The van der Waals surface area contributed by atoms with Crippen molar-refractivity contribution in [3.63, 3.8) is 0 Å². The Morgan fingerprint density at radius 1 is 1.21 bits per heavy atom. The first-order valence-corrected chi connectivity index (χ1v) is 7.54. The lowest BCUT2D eigenvalue weighted by molar-refractivity contribution is 0.0959. The molecule has 24 heavy (non-hydrogen) atoms. The largest absolute Gasteiger partial charge is 0.355 e. The maximum Gasteiger partial charge on any atom is 0.319 e. The van der Waals surface area contributed by atoms with Gasteiger partial charge in [-0.1, -0.05) is 6.92 Å². The van der Waals surface area contributed by atoms with E-state index in [2.05, 4.69) is 20.9 Å². The summed E-state index contributed by atoms with van der Waals surface area (Å²) in [6.07, 6.45) is 4.02. The molecule has 3 amide bonds. The second-order valence-electron chi connectivity index (χ2n) is 5.11. The highest BCUT2D eigenvalue weighted by molar-refractivity contribution is 5.97.